The first-order valence-electron chi connectivity index (χ1n) is 6.96. The maximum Gasteiger partial charge on any atom is 0.243 e. The Hall–Kier alpha value is -1.64. The van der Waals surface area contributed by atoms with Gasteiger partial charge in [0.1, 0.15) is 6.04 Å². The number of rotatable bonds is 8. The topological polar surface area (TPSA) is 111 Å². The summed E-state index contributed by atoms with van der Waals surface area (Å²) in [5.41, 5.74) is 7.23. The zero-order valence-corrected chi connectivity index (χ0v) is 13.9. The molecule has 0 radical (unpaired) electrons. The summed E-state index contributed by atoms with van der Waals surface area (Å²) < 4.78 is 31.0. The van der Waals surface area contributed by atoms with Crippen LogP contribution in [-0.4, -0.2) is 39.8 Å². The molecule has 0 spiro atoms. The van der Waals surface area contributed by atoms with Crippen molar-refractivity contribution in [3.63, 3.8) is 0 Å². The van der Waals surface area contributed by atoms with Crippen molar-refractivity contribution in [2.45, 2.75) is 26.3 Å². The average Bonchev–Trinajstić information content (AvgIpc) is 2.43. The van der Waals surface area contributed by atoms with Gasteiger partial charge in [0, 0.05) is 12.8 Å². The molecule has 0 saturated heterocycles. The Kier molecular flexibility index (Phi) is 6.79. The molecule has 1 unspecified atom stereocenters. The lowest BCUT2D eigenvalue weighted by Gasteiger charge is -2.16. The number of anilines is 2. The molecule has 0 heterocycles. The Bertz CT molecular complexity index is 617. The number of sulfonamides is 1. The van der Waals surface area contributed by atoms with Crippen molar-refractivity contribution in [3.8, 4) is 0 Å². The molecule has 22 heavy (non-hydrogen) atoms. The molecule has 0 aliphatic carbocycles. The quantitative estimate of drug-likeness (QED) is 0.660. The van der Waals surface area contributed by atoms with Crippen LogP contribution in [0.25, 0.3) is 0 Å². The van der Waals surface area contributed by atoms with Crippen molar-refractivity contribution >= 4 is 27.3 Å². The van der Waals surface area contributed by atoms with Crippen molar-refractivity contribution in [2.24, 2.45) is 5.73 Å². The third-order valence-electron chi connectivity index (χ3n) is 3.01. The van der Waals surface area contributed by atoms with Crippen molar-refractivity contribution in [1.82, 2.24) is 0 Å². The molecule has 0 fully saturated rings. The van der Waals surface area contributed by atoms with Crippen molar-refractivity contribution < 1.29 is 17.9 Å². The van der Waals surface area contributed by atoms with E-state index in [-0.39, 0.29) is 12.4 Å². The summed E-state index contributed by atoms with van der Waals surface area (Å²) in [5.74, 6) is -0.347. The number of benzene rings is 1. The molecule has 1 atom stereocenters. The lowest BCUT2D eigenvalue weighted by atomic mass is 10.1. The highest BCUT2D eigenvalue weighted by atomic mass is 32.2. The summed E-state index contributed by atoms with van der Waals surface area (Å²) in [4.78, 5) is 11.9. The second kappa shape index (κ2) is 8.11. The fraction of sp³-hybridized carbons (Fsp3) is 0.500. The van der Waals surface area contributed by atoms with E-state index in [0.717, 1.165) is 0 Å². The largest absolute Gasteiger partial charge is 0.383 e. The highest BCUT2D eigenvalue weighted by Gasteiger charge is 2.16. The van der Waals surface area contributed by atoms with Crippen LogP contribution in [0.5, 0.6) is 0 Å². The van der Waals surface area contributed by atoms with Crippen LogP contribution in [0.15, 0.2) is 18.2 Å². The molecule has 124 valence electrons. The summed E-state index contributed by atoms with van der Waals surface area (Å²) in [7, 11) is -1.92. The van der Waals surface area contributed by atoms with E-state index in [1.807, 2.05) is 0 Å². The molecule has 1 aromatic rings. The summed E-state index contributed by atoms with van der Waals surface area (Å²) in [6, 6.07) is 4.20. The second-order valence-electron chi connectivity index (χ2n) is 4.95. The molecule has 1 rings (SSSR count). The number of carbonyl (C=O) groups excluding carboxylic acids is 1. The lowest BCUT2D eigenvalue weighted by Crippen LogP contribution is -2.39. The van der Waals surface area contributed by atoms with Gasteiger partial charge in [-0.15, -0.1) is 0 Å². The van der Waals surface area contributed by atoms with E-state index < -0.39 is 22.0 Å². The molecular formula is C14H23N3O4S. The maximum atomic E-state index is 11.9. The van der Waals surface area contributed by atoms with E-state index in [1.54, 1.807) is 32.0 Å². The molecule has 4 N–H and O–H groups in total. The Labute approximate surface area is 131 Å². The maximum absolute atomic E-state index is 11.9. The van der Waals surface area contributed by atoms with E-state index in [4.69, 9.17) is 10.5 Å². The van der Waals surface area contributed by atoms with E-state index in [1.165, 1.54) is 7.11 Å². The van der Waals surface area contributed by atoms with Crippen molar-refractivity contribution in [1.29, 1.82) is 0 Å². The number of hydrogen-bond acceptors (Lipinski definition) is 5. The predicted octanol–water partition coefficient (Wildman–Crippen LogP) is 1.06. The molecule has 0 saturated carbocycles. The zero-order chi connectivity index (χ0) is 16.8. The first-order valence-corrected chi connectivity index (χ1v) is 8.61. The molecule has 0 aromatic heterocycles. The van der Waals surface area contributed by atoms with Crippen LogP contribution in [-0.2, 0) is 19.6 Å². The molecule has 0 bridgehead atoms. The van der Waals surface area contributed by atoms with Gasteiger partial charge < -0.3 is 15.8 Å². The standard InChI is InChI=1S/C14H23N3O4S/c1-4-8-22(19,20)17-13-7-5-6-12(10(13)2)16-14(18)11(15)9-21-3/h5-7,11,17H,4,8-9,15H2,1-3H3,(H,16,18). The smallest absolute Gasteiger partial charge is 0.243 e. The monoisotopic (exact) mass is 329 g/mol. The number of nitrogens with one attached hydrogen (secondary N) is 2. The fourth-order valence-corrected chi connectivity index (χ4v) is 3.05. The SMILES string of the molecule is CCCS(=O)(=O)Nc1cccc(NC(=O)C(N)COC)c1C. The molecule has 7 nitrogen and oxygen atoms in total. The van der Waals surface area contributed by atoms with Crippen LogP contribution in [0.4, 0.5) is 11.4 Å². The molecule has 1 aromatic carbocycles. The van der Waals surface area contributed by atoms with Gasteiger partial charge in [-0.25, -0.2) is 8.42 Å². The first kappa shape index (κ1) is 18.4. The summed E-state index contributed by atoms with van der Waals surface area (Å²) in [5, 5.41) is 2.67. The van der Waals surface area contributed by atoms with Crippen molar-refractivity contribution in [2.75, 3.05) is 29.5 Å². The molecule has 1 amide bonds. The normalized spacial score (nSPS) is 12.7. The zero-order valence-electron chi connectivity index (χ0n) is 13.0. The first-order chi connectivity index (χ1) is 10.3. The van der Waals surface area contributed by atoms with E-state index in [2.05, 4.69) is 10.0 Å². The molecule has 8 heteroatoms. The minimum absolute atomic E-state index is 0.0434. The summed E-state index contributed by atoms with van der Waals surface area (Å²) in [6.45, 7) is 3.62. The lowest BCUT2D eigenvalue weighted by molar-refractivity contribution is -0.118. The van der Waals surface area contributed by atoms with Crippen LogP contribution in [0.3, 0.4) is 0 Å². The molecule has 0 aliphatic heterocycles. The second-order valence-corrected chi connectivity index (χ2v) is 6.79. The van der Waals surface area contributed by atoms with Gasteiger partial charge >= 0.3 is 0 Å². The fourth-order valence-electron chi connectivity index (χ4n) is 1.85. The van der Waals surface area contributed by atoms with Crippen molar-refractivity contribution in [3.05, 3.63) is 23.8 Å². The molecular weight excluding hydrogens is 306 g/mol. The summed E-state index contributed by atoms with van der Waals surface area (Å²) in [6.07, 6.45) is 0.524. The number of carbonyl (C=O) groups is 1. The van der Waals surface area contributed by atoms with E-state index in [9.17, 15) is 13.2 Å². The number of amides is 1. The minimum atomic E-state index is -3.38. The van der Waals surface area contributed by atoms with Crippen LogP contribution in [0, 0.1) is 6.92 Å². The van der Waals surface area contributed by atoms with E-state index >= 15 is 0 Å². The Morgan fingerprint density at radius 2 is 2.00 bits per heavy atom. The van der Waals surface area contributed by atoms with Gasteiger partial charge in [-0.2, -0.15) is 0 Å². The molecule has 0 aliphatic rings. The predicted molar refractivity (Wildman–Crippen MR) is 87.4 cm³/mol. The van der Waals surface area contributed by atoms with Crippen LogP contribution in [0.2, 0.25) is 0 Å². The Morgan fingerprint density at radius 1 is 1.36 bits per heavy atom. The van der Waals surface area contributed by atoms with Gasteiger partial charge in [-0.3, -0.25) is 9.52 Å². The van der Waals surface area contributed by atoms with Crippen LogP contribution < -0.4 is 15.8 Å². The highest BCUT2D eigenvalue weighted by molar-refractivity contribution is 7.92. The average molecular weight is 329 g/mol. The van der Waals surface area contributed by atoms with Gasteiger partial charge in [0.05, 0.1) is 18.0 Å². The Morgan fingerprint density at radius 3 is 2.59 bits per heavy atom. The van der Waals surface area contributed by atoms with Gasteiger partial charge in [0.15, 0.2) is 0 Å². The van der Waals surface area contributed by atoms with Gasteiger partial charge in [-0.05, 0) is 31.0 Å². The Balaban J connectivity index is 2.92. The third-order valence-corrected chi connectivity index (χ3v) is 4.49. The van der Waals surface area contributed by atoms with Gasteiger partial charge in [0.2, 0.25) is 15.9 Å². The number of nitrogens with two attached hydrogens (primary N) is 1. The van der Waals surface area contributed by atoms with Crippen LogP contribution >= 0.6 is 0 Å². The van der Waals surface area contributed by atoms with E-state index in [0.29, 0.717) is 23.4 Å². The number of ether oxygens (including phenoxy) is 1. The summed E-state index contributed by atoms with van der Waals surface area (Å²) >= 11 is 0. The van der Waals surface area contributed by atoms with Crippen LogP contribution in [0.1, 0.15) is 18.9 Å². The van der Waals surface area contributed by atoms with Gasteiger partial charge in [0.25, 0.3) is 0 Å². The van der Waals surface area contributed by atoms with Gasteiger partial charge in [-0.1, -0.05) is 13.0 Å². The number of methoxy groups -OCH3 is 1. The third kappa shape index (κ3) is 5.28. The minimum Gasteiger partial charge on any atom is -0.383 e. The number of hydrogen-bond donors (Lipinski definition) is 3. The highest BCUT2D eigenvalue weighted by Crippen LogP contribution is 2.24.